The first-order valence-corrected chi connectivity index (χ1v) is 9.27. The van der Waals surface area contributed by atoms with Crippen molar-refractivity contribution in [1.82, 2.24) is 9.38 Å². The highest BCUT2D eigenvalue weighted by Gasteiger charge is 2.26. The number of hydrogen-bond acceptors (Lipinski definition) is 4. The lowest BCUT2D eigenvalue weighted by molar-refractivity contribution is 0.0690. The summed E-state index contributed by atoms with van der Waals surface area (Å²) < 4.78 is 1.81. The fraction of sp³-hybridized carbons (Fsp3) is 0.111. The van der Waals surface area contributed by atoms with Crippen molar-refractivity contribution in [1.29, 1.82) is 0 Å². The lowest BCUT2D eigenvalue weighted by atomic mass is 10.1. The van der Waals surface area contributed by atoms with Crippen LogP contribution in [0.15, 0.2) is 47.8 Å². The van der Waals surface area contributed by atoms with E-state index in [1.165, 1.54) is 0 Å². The van der Waals surface area contributed by atoms with E-state index in [9.17, 15) is 9.90 Å². The molecule has 3 aromatic heterocycles. The van der Waals surface area contributed by atoms with Gasteiger partial charge in [-0.1, -0.05) is 43.3 Å². The Bertz CT molecular complexity index is 1010. The summed E-state index contributed by atoms with van der Waals surface area (Å²) in [5.41, 5.74) is 2.53. The third-order valence-electron chi connectivity index (χ3n) is 3.87. The van der Waals surface area contributed by atoms with Crippen LogP contribution in [-0.2, 0) is 6.42 Å². The Morgan fingerprint density at radius 1 is 1.21 bits per heavy atom. The number of hydrogen-bond donors (Lipinski definition) is 1. The average molecular weight is 354 g/mol. The van der Waals surface area contributed by atoms with Gasteiger partial charge in [-0.25, -0.2) is 9.78 Å². The Hall–Kier alpha value is -2.44. The van der Waals surface area contributed by atoms with E-state index in [2.05, 4.69) is 11.9 Å². The molecule has 0 fully saturated rings. The maximum atomic E-state index is 12.0. The van der Waals surface area contributed by atoms with E-state index < -0.39 is 5.97 Å². The van der Waals surface area contributed by atoms with Crippen LogP contribution in [0.25, 0.3) is 26.8 Å². The van der Waals surface area contributed by atoms with Crippen molar-refractivity contribution >= 4 is 33.6 Å². The number of fused-ring (bicyclic) bond motifs is 1. The Morgan fingerprint density at radius 2 is 2.00 bits per heavy atom. The molecule has 4 nitrogen and oxygen atoms in total. The van der Waals surface area contributed by atoms with E-state index in [-0.39, 0.29) is 5.69 Å². The second-order valence-corrected chi connectivity index (χ2v) is 7.31. The molecule has 1 N–H and O–H groups in total. The number of carbonyl (C=O) groups is 1. The quantitative estimate of drug-likeness (QED) is 0.558. The number of aromatic nitrogens is 2. The molecule has 0 bridgehead atoms. The molecular formula is C18H14N2O2S2. The van der Waals surface area contributed by atoms with Crippen LogP contribution in [0.5, 0.6) is 0 Å². The van der Waals surface area contributed by atoms with Gasteiger partial charge in [-0.3, -0.25) is 4.40 Å². The van der Waals surface area contributed by atoms with Crippen molar-refractivity contribution in [2.24, 2.45) is 0 Å². The number of imidazole rings is 1. The van der Waals surface area contributed by atoms with Crippen molar-refractivity contribution < 1.29 is 9.90 Å². The summed E-state index contributed by atoms with van der Waals surface area (Å²) in [5, 5.41) is 11.9. The zero-order valence-electron chi connectivity index (χ0n) is 12.9. The third kappa shape index (κ3) is 2.26. The Labute approximate surface area is 146 Å². The highest BCUT2D eigenvalue weighted by Crippen LogP contribution is 2.38. The van der Waals surface area contributed by atoms with Gasteiger partial charge in [0.15, 0.2) is 10.7 Å². The molecule has 0 spiro atoms. The van der Waals surface area contributed by atoms with E-state index >= 15 is 0 Å². The third-order valence-corrected chi connectivity index (χ3v) is 5.94. The van der Waals surface area contributed by atoms with Gasteiger partial charge in [0.25, 0.3) is 0 Å². The number of benzene rings is 1. The molecule has 0 saturated carbocycles. The predicted octanol–water partition coefficient (Wildman–Crippen LogP) is 5.05. The molecule has 0 atom stereocenters. The minimum absolute atomic E-state index is 0.232. The van der Waals surface area contributed by atoms with Crippen molar-refractivity contribution in [3.63, 3.8) is 0 Å². The van der Waals surface area contributed by atoms with Gasteiger partial charge in [0.2, 0.25) is 0 Å². The van der Waals surface area contributed by atoms with Gasteiger partial charge in [0.1, 0.15) is 5.69 Å². The number of nitrogens with zero attached hydrogens (tertiary/aromatic N) is 2. The molecule has 0 amide bonds. The van der Waals surface area contributed by atoms with Gasteiger partial charge in [-0.2, -0.15) is 0 Å². The largest absolute Gasteiger partial charge is 0.476 e. The minimum atomic E-state index is -0.959. The summed E-state index contributed by atoms with van der Waals surface area (Å²) in [7, 11) is 0. The SMILES string of the molecule is CCc1sc2nc(-c3ccccc3)c(C(=O)O)n2c1-c1cccs1. The van der Waals surface area contributed by atoms with Crippen molar-refractivity contribution in [2.45, 2.75) is 13.3 Å². The summed E-state index contributed by atoms with van der Waals surface area (Å²) in [6.45, 7) is 2.08. The van der Waals surface area contributed by atoms with Crippen LogP contribution in [0, 0.1) is 0 Å². The van der Waals surface area contributed by atoms with Crippen LogP contribution in [0.2, 0.25) is 0 Å². The first kappa shape index (κ1) is 15.1. The molecule has 1 aromatic carbocycles. The summed E-state index contributed by atoms with van der Waals surface area (Å²) in [4.78, 5) is 19.6. The van der Waals surface area contributed by atoms with Crippen LogP contribution in [0.4, 0.5) is 0 Å². The van der Waals surface area contributed by atoms with Crippen LogP contribution >= 0.6 is 22.7 Å². The van der Waals surface area contributed by atoms with Crippen LogP contribution < -0.4 is 0 Å². The summed E-state index contributed by atoms with van der Waals surface area (Å²) in [6.07, 6.45) is 0.848. The van der Waals surface area contributed by atoms with Crippen molar-refractivity contribution in [2.75, 3.05) is 0 Å². The summed E-state index contributed by atoms with van der Waals surface area (Å²) >= 11 is 3.18. The maximum absolute atomic E-state index is 12.0. The predicted molar refractivity (Wildman–Crippen MR) is 98.2 cm³/mol. The first-order chi connectivity index (χ1) is 11.7. The molecule has 0 aliphatic heterocycles. The normalized spacial score (nSPS) is 11.2. The van der Waals surface area contributed by atoms with E-state index in [1.54, 1.807) is 27.1 Å². The van der Waals surface area contributed by atoms with Crippen molar-refractivity contribution in [3.05, 3.63) is 58.4 Å². The van der Waals surface area contributed by atoms with Crippen LogP contribution in [-0.4, -0.2) is 20.5 Å². The van der Waals surface area contributed by atoms with E-state index in [0.29, 0.717) is 5.69 Å². The van der Waals surface area contributed by atoms with Crippen LogP contribution in [0.3, 0.4) is 0 Å². The highest BCUT2D eigenvalue weighted by molar-refractivity contribution is 7.18. The average Bonchev–Trinajstić information content (AvgIpc) is 3.29. The van der Waals surface area contributed by atoms with E-state index in [0.717, 1.165) is 32.4 Å². The van der Waals surface area contributed by atoms with E-state index in [4.69, 9.17) is 0 Å². The minimum Gasteiger partial charge on any atom is -0.476 e. The lowest BCUT2D eigenvalue weighted by Crippen LogP contribution is -2.04. The Balaban J connectivity index is 2.09. The highest BCUT2D eigenvalue weighted by atomic mass is 32.1. The zero-order valence-corrected chi connectivity index (χ0v) is 14.5. The first-order valence-electron chi connectivity index (χ1n) is 7.57. The van der Waals surface area contributed by atoms with Gasteiger partial charge in [-0.15, -0.1) is 22.7 Å². The number of carboxylic acids is 1. The number of aromatic carboxylic acids is 1. The van der Waals surface area contributed by atoms with Crippen molar-refractivity contribution in [3.8, 4) is 21.8 Å². The second-order valence-electron chi connectivity index (χ2n) is 5.30. The number of thiazole rings is 1. The molecule has 24 heavy (non-hydrogen) atoms. The molecular weight excluding hydrogens is 340 g/mol. The second kappa shape index (κ2) is 5.89. The smallest absolute Gasteiger partial charge is 0.355 e. The van der Waals surface area contributed by atoms with Gasteiger partial charge in [-0.05, 0) is 17.9 Å². The van der Waals surface area contributed by atoms with Gasteiger partial charge >= 0.3 is 5.97 Å². The molecule has 120 valence electrons. The zero-order chi connectivity index (χ0) is 16.7. The Morgan fingerprint density at radius 3 is 2.62 bits per heavy atom. The van der Waals surface area contributed by atoms with Gasteiger partial charge < -0.3 is 5.11 Å². The lowest BCUT2D eigenvalue weighted by Gasteiger charge is -2.04. The van der Waals surface area contributed by atoms with E-state index in [1.807, 2.05) is 47.8 Å². The molecule has 0 saturated heterocycles. The number of rotatable bonds is 4. The summed E-state index contributed by atoms with van der Waals surface area (Å²) in [5.74, 6) is -0.959. The molecule has 4 aromatic rings. The number of carboxylic acid groups (broad SMARTS) is 1. The standard InChI is InChI=1S/C18H14N2O2S2/c1-2-12-15(13-9-6-10-23-13)20-16(17(21)22)14(19-18(20)24-12)11-7-4-3-5-8-11/h3-10H,2H2,1H3,(H,21,22). The molecule has 0 aliphatic carbocycles. The number of thiophene rings is 1. The molecule has 0 unspecified atom stereocenters. The molecule has 0 radical (unpaired) electrons. The maximum Gasteiger partial charge on any atom is 0.355 e. The molecule has 3 heterocycles. The molecule has 6 heteroatoms. The van der Waals surface area contributed by atoms with Gasteiger partial charge in [0.05, 0.1) is 10.6 Å². The molecule has 4 rings (SSSR count). The number of aryl methyl sites for hydroxylation is 1. The topological polar surface area (TPSA) is 54.6 Å². The fourth-order valence-electron chi connectivity index (χ4n) is 2.85. The summed E-state index contributed by atoms with van der Waals surface area (Å²) in [6, 6.07) is 13.5. The fourth-order valence-corrected chi connectivity index (χ4v) is 4.78. The Kier molecular flexibility index (Phi) is 3.70. The monoisotopic (exact) mass is 354 g/mol. The van der Waals surface area contributed by atoms with Crippen LogP contribution in [0.1, 0.15) is 22.3 Å². The molecule has 0 aliphatic rings. The van der Waals surface area contributed by atoms with Gasteiger partial charge in [0, 0.05) is 10.4 Å².